The lowest BCUT2D eigenvalue weighted by molar-refractivity contribution is -0.177. The number of piperidine rings is 1. The van der Waals surface area contributed by atoms with Crippen LogP contribution in [-0.4, -0.2) is 64.5 Å². The van der Waals surface area contributed by atoms with Crippen LogP contribution in [0.4, 0.5) is 13.6 Å². The number of methoxy groups -OCH3 is 1. The van der Waals surface area contributed by atoms with Crippen molar-refractivity contribution in [1.29, 1.82) is 0 Å². The summed E-state index contributed by atoms with van der Waals surface area (Å²) in [5.74, 6) is -3.81. The Morgan fingerprint density at radius 1 is 1.07 bits per heavy atom. The SMILES string of the molecule is COc1ccc2c(c1)[C@]13CCN(C(=O)C(F)(F)c4ccccc4)[C@H](C2)[C@]12CCC1C3[C@@H](CN1C(=O)OCC(Cl)(Cl)Cl)C2. The topological polar surface area (TPSA) is 59.1 Å². The van der Waals surface area contributed by atoms with Crippen LogP contribution in [0.5, 0.6) is 5.75 Å². The van der Waals surface area contributed by atoms with Crippen LogP contribution < -0.4 is 4.74 Å². The van der Waals surface area contributed by atoms with Gasteiger partial charge in [-0.25, -0.2) is 4.79 Å². The molecular formula is C31H31Cl3F2N2O4. The van der Waals surface area contributed by atoms with Gasteiger partial charge < -0.3 is 19.3 Å². The summed E-state index contributed by atoms with van der Waals surface area (Å²) in [7, 11) is 1.63. The van der Waals surface area contributed by atoms with Gasteiger partial charge in [-0.2, -0.15) is 8.78 Å². The first-order valence-corrected chi connectivity index (χ1v) is 15.5. The molecule has 0 spiro atoms. The summed E-state index contributed by atoms with van der Waals surface area (Å²) in [6, 6.07) is 12.9. The van der Waals surface area contributed by atoms with E-state index in [0.29, 0.717) is 32.2 Å². The fourth-order valence-electron chi connectivity index (χ4n) is 9.75. The predicted octanol–water partition coefficient (Wildman–Crippen LogP) is 6.49. The van der Waals surface area contributed by atoms with Gasteiger partial charge in [0.05, 0.1) is 7.11 Å². The van der Waals surface area contributed by atoms with E-state index < -0.39 is 27.1 Å². The Kier molecular flexibility index (Phi) is 6.51. The standard InChI is InChI=1S/C31H31Cl3F2N2O4/c1-41-21-8-7-18-13-24-28-10-9-23-25(19(15-28)16-38(23)27(40)42-17-30(32,33)34)29(28,22(18)14-21)11-12-37(24)26(39)31(35,36)20-5-3-2-4-6-20/h2-8,14,19,23-25H,9-13,15-17H2,1H3/t19-,23?,24-,25?,28-,29+/m1/s1. The molecule has 0 N–H and O–H groups in total. The molecule has 2 saturated heterocycles. The minimum Gasteiger partial charge on any atom is -0.497 e. The smallest absolute Gasteiger partial charge is 0.410 e. The number of hydrogen-bond acceptors (Lipinski definition) is 4. The molecule has 2 aromatic carbocycles. The highest BCUT2D eigenvalue weighted by Gasteiger charge is 2.77. The summed E-state index contributed by atoms with van der Waals surface area (Å²) in [6.45, 7) is 0.356. The van der Waals surface area contributed by atoms with Crippen LogP contribution in [0.15, 0.2) is 48.5 Å². The second-order valence-electron chi connectivity index (χ2n) is 12.5. The minimum absolute atomic E-state index is 0.0899. The van der Waals surface area contributed by atoms with Crippen LogP contribution in [0.25, 0.3) is 0 Å². The number of hydrogen-bond donors (Lipinski definition) is 0. The largest absolute Gasteiger partial charge is 0.497 e. The van der Waals surface area contributed by atoms with Gasteiger partial charge in [-0.05, 0) is 67.2 Å². The van der Waals surface area contributed by atoms with E-state index in [1.165, 1.54) is 34.7 Å². The number of carbonyl (C=O) groups is 2. The summed E-state index contributed by atoms with van der Waals surface area (Å²) in [5.41, 5.74) is 1.16. The lowest BCUT2D eigenvalue weighted by atomic mass is 9.43. The zero-order chi connectivity index (χ0) is 29.7. The van der Waals surface area contributed by atoms with Gasteiger partial charge in [0, 0.05) is 41.6 Å². The quantitative estimate of drug-likeness (QED) is 0.359. The van der Waals surface area contributed by atoms with Crippen LogP contribution in [0, 0.1) is 17.3 Å². The first kappa shape index (κ1) is 28.5. The average molecular weight is 640 g/mol. The fourth-order valence-corrected chi connectivity index (χ4v) is 9.91. The first-order valence-electron chi connectivity index (χ1n) is 14.3. The molecule has 2 aliphatic heterocycles. The fraction of sp³-hybridized carbons (Fsp3) is 0.548. The van der Waals surface area contributed by atoms with Crippen molar-refractivity contribution in [2.45, 2.75) is 59.3 Å². The van der Waals surface area contributed by atoms with Crippen LogP contribution in [0.3, 0.4) is 0 Å². The summed E-state index contributed by atoms with van der Waals surface area (Å²) in [4.78, 5) is 30.3. The molecule has 5 aliphatic rings. The average Bonchev–Trinajstić information content (AvgIpc) is 3.42. The Morgan fingerprint density at radius 2 is 1.83 bits per heavy atom. The third-order valence-corrected chi connectivity index (χ3v) is 11.3. The molecule has 0 aromatic heterocycles. The Bertz CT molecular complexity index is 1440. The third-order valence-electron chi connectivity index (χ3n) is 11.0. The molecule has 2 aromatic rings. The minimum atomic E-state index is -3.63. The molecule has 2 amide bonds. The number of nitrogens with zero attached hydrogens (tertiary/aromatic N) is 2. The summed E-state index contributed by atoms with van der Waals surface area (Å²) in [5, 5.41) is 0. The van der Waals surface area contributed by atoms with Crippen molar-refractivity contribution < 1.29 is 27.8 Å². The Morgan fingerprint density at radius 3 is 2.55 bits per heavy atom. The predicted molar refractivity (Wildman–Crippen MR) is 154 cm³/mol. The van der Waals surface area contributed by atoms with Crippen molar-refractivity contribution in [1.82, 2.24) is 9.80 Å². The van der Waals surface area contributed by atoms with Crippen molar-refractivity contribution in [2.75, 3.05) is 26.8 Å². The molecule has 42 heavy (non-hydrogen) atoms. The van der Waals surface area contributed by atoms with E-state index in [2.05, 4.69) is 6.07 Å². The monoisotopic (exact) mass is 638 g/mol. The van der Waals surface area contributed by atoms with Gasteiger partial charge in [-0.1, -0.05) is 71.2 Å². The van der Waals surface area contributed by atoms with Gasteiger partial charge in [0.1, 0.15) is 12.4 Å². The Labute approximate surface area is 258 Å². The molecule has 224 valence electrons. The van der Waals surface area contributed by atoms with Gasteiger partial charge in [0.25, 0.3) is 5.91 Å². The third kappa shape index (κ3) is 3.86. The molecule has 2 heterocycles. The van der Waals surface area contributed by atoms with E-state index in [0.717, 1.165) is 17.7 Å². The van der Waals surface area contributed by atoms with E-state index in [9.17, 15) is 9.59 Å². The summed E-state index contributed by atoms with van der Waals surface area (Å²) in [6.07, 6.45) is 2.69. The normalized spacial score (nSPS) is 32.7. The maximum atomic E-state index is 15.8. The lowest BCUT2D eigenvalue weighted by Gasteiger charge is -2.66. The first-order chi connectivity index (χ1) is 19.9. The van der Waals surface area contributed by atoms with Crippen LogP contribution in [0.2, 0.25) is 0 Å². The molecule has 4 fully saturated rings. The zero-order valence-corrected chi connectivity index (χ0v) is 25.3. The van der Waals surface area contributed by atoms with Crippen molar-refractivity contribution in [3.05, 3.63) is 65.2 Å². The number of carbonyl (C=O) groups excluding carboxylic acids is 2. The van der Waals surface area contributed by atoms with Crippen molar-refractivity contribution in [3.63, 3.8) is 0 Å². The second kappa shape index (κ2) is 9.60. The number of fused-ring (bicyclic) bond motifs is 1. The second-order valence-corrected chi connectivity index (χ2v) is 15.0. The highest BCUT2D eigenvalue weighted by atomic mass is 35.6. The van der Waals surface area contributed by atoms with Crippen molar-refractivity contribution in [2.24, 2.45) is 17.3 Å². The van der Waals surface area contributed by atoms with E-state index in [1.54, 1.807) is 18.1 Å². The van der Waals surface area contributed by atoms with E-state index in [4.69, 9.17) is 44.3 Å². The summed E-state index contributed by atoms with van der Waals surface area (Å²) < 4.78 is 40.9. The zero-order valence-electron chi connectivity index (χ0n) is 23.0. The van der Waals surface area contributed by atoms with Gasteiger partial charge in [-0.15, -0.1) is 0 Å². The summed E-state index contributed by atoms with van der Waals surface area (Å²) >= 11 is 17.5. The maximum absolute atomic E-state index is 15.8. The molecule has 11 heteroatoms. The highest BCUT2D eigenvalue weighted by molar-refractivity contribution is 6.67. The van der Waals surface area contributed by atoms with E-state index in [1.807, 2.05) is 12.1 Å². The lowest BCUT2D eigenvalue weighted by Crippen LogP contribution is -2.71. The van der Waals surface area contributed by atoms with Crippen molar-refractivity contribution in [3.8, 4) is 5.75 Å². The van der Waals surface area contributed by atoms with E-state index >= 15 is 8.78 Å². The van der Waals surface area contributed by atoms with Crippen LogP contribution in [0.1, 0.15) is 42.4 Å². The molecule has 0 radical (unpaired) electrons. The molecule has 2 saturated carbocycles. The number of halogens is 5. The molecular weight excluding hydrogens is 609 g/mol. The molecule has 3 aliphatic carbocycles. The number of ether oxygens (including phenoxy) is 2. The number of benzene rings is 2. The van der Waals surface area contributed by atoms with E-state index in [-0.39, 0.29) is 48.0 Å². The Hall–Kier alpha value is -2.29. The molecule has 4 bridgehead atoms. The van der Waals surface area contributed by atoms with Gasteiger partial charge in [0.2, 0.25) is 3.79 Å². The number of likely N-dealkylation sites (tertiary alicyclic amines) is 2. The number of alkyl halides is 5. The van der Waals surface area contributed by atoms with Gasteiger partial charge in [0.15, 0.2) is 0 Å². The van der Waals surface area contributed by atoms with Gasteiger partial charge >= 0.3 is 12.0 Å². The Balaban J connectivity index is 1.30. The highest BCUT2D eigenvalue weighted by Crippen LogP contribution is 2.75. The number of rotatable bonds is 4. The molecule has 6 atom stereocenters. The van der Waals surface area contributed by atoms with Gasteiger partial charge in [-0.3, -0.25) is 4.79 Å². The molecule has 7 rings (SSSR count). The maximum Gasteiger partial charge on any atom is 0.410 e. The van der Waals surface area contributed by atoms with Crippen LogP contribution >= 0.6 is 34.8 Å². The number of amides is 2. The van der Waals surface area contributed by atoms with Crippen molar-refractivity contribution >= 4 is 46.8 Å². The molecule has 6 nitrogen and oxygen atoms in total. The van der Waals surface area contributed by atoms with Crippen LogP contribution in [-0.2, 0) is 27.3 Å². The molecule has 2 unspecified atom stereocenters.